The molecule has 2 heterocycles. The number of nitrogens with zero attached hydrogens (tertiary/aromatic N) is 4. The van der Waals surface area contributed by atoms with Crippen molar-refractivity contribution in [2.75, 3.05) is 44.2 Å². The first-order chi connectivity index (χ1) is 18.9. The van der Waals surface area contributed by atoms with E-state index >= 15 is 0 Å². The van der Waals surface area contributed by atoms with E-state index in [9.17, 15) is 20.1 Å². The second-order valence-electron chi connectivity index (χ2n) is 10.8. The molecule has 2 atom stereocenters. The molecule has 1 aromatic rings. The Labute approximate surface area is 234 Å². The molecule has 0 aliphatic carbocycles. The Hall–Kier alpha value is -2.30. The summed E-state index contributed by atoms with van der Waals surface area (Å²) in [5, 5.41) is 21.4. The van der Waals surface area contributed by atoms with Crippen LogP contribution < -0.4 is 9.96 Å². The summed E-state index contributed by atoms with van der Waals surface area (Å²) in [5.74, 6) is 0.460. The van der Waals surface area contributed by atoms with Crippen molar-refractivity contribution >= 4 is 11.7 Å². The van der Waals surface area contributed by atoms with Crippen molar-refractivity contribution < 1.29 is 19.8 Å². The van der Waals surface area contributed by atoms with Crippen molar-refractivity contribution in [3.63, 3.8) is 0 Å². The number of hydrogen-bond donors (Lipinski definition) is 1. The van der Waals surface area contributed by atoms with Crippen molar-refractivity contribution in [2.45, 2.75) is 110 Å². The first-order valence-corrected chi connectivity index (χ1v) is 15.2. The van der Waals surface area contributed by atoms with Gasteiger partial charge in [0, 0.05) is 38.4 Å². The number of nitrogens with one attached hydrogen (secondary N) is 1. The number of hydrogen-bond acceptors (Lipinski definition) is 8. The van der Waals surface area contributed by atoms with Crippen LogP contribution >= 0.6 is 0 Å². The van der Waals surface area contributed by atoms with Gasteiger partial charge in [0.05, 0.1) is 18.7 Å². The zero-order valence-corrected chi connectivity index (χ0v) is 24.3. The SMILES string of the molecule is CCC(C)N1CCN(c2ccc(C(=O)[NH+]([O-])CCCCCCCCCCCCCCCO[N+](=O)[O-])cn2)CC1. The number of rotatable bonds is 21. The van der Waals surface area contributed by atoms with Crippen LogP contribution in [-0.2, 0) is 4.84 Å². The molecule has 0 spiro atoms. The molecular formula is C29H51N5O5. The highest BCUT2D eigenvalue weighted by molar-refractivity contribution is 5.87. The maximum Gasteiger partial charge on any atom is 0.345 e. The largest absolute Gasteiger partial charge is 0.626 e. The monoisotopic (exact) mass is 549 g/mol. The van der Waals surface area contributed by atoms with E-state index in [0.29, 0.717) is 18.2 Å². The molecule has 10 nitrogen and oxygen atoms in total. The maximum atomic E-state index is 12.5. The van der Waals surface area contributed by atoms with Crippen LogP contribution in [0.2, 0.25) is 0 Å². The van der Waals surface area contributed by atoms with Gasteiger partial charge in [0.15, 0.2) is 0 Å². The van der Waals surface area contributed by atoms with E-state index in [4.69, 9.17) is 0 Å². The molecule has 10 heteroatoms. The van der Waals surface area contributed by atoms with Crippen LogP contribution in [0.3, 0.4) is 0 Å². The number of piperazine rings is 1. The van der Waals surface area contributed by atoms with Crippen LogP contribution in [0, 0.1) is 15.3 Å². The van der Waals surface area contributed by atoms with Gasteiger partial charge in [-0.15, -0.1) is 10.1 Å². The van der Waals surface area contributed by atoms with Gasteiger partial charge in [-0.3, -0.25) is 4.90 Å². The summed E-state index contributed by atoms with van der Waals surface area (Å²) < 4.78 is 0. The Kier molecular flexibility index (Phi) is 16.6. The summed E-state index contributed by atoms with van der Waals surface area (Å²) >= 11 is 0. The Morgan fingerprint density at radius 1 is 0.949 bits per heavy atom. The molecule has 1 aliphatic rings. The van der Waals surface area contributed by atoms with E-state index in [0.717, 1.165) is 76.9 Å². The molecule has 0 bridgehead atoms. The van der Waals surface area contributed by atoms with Crippen LogP contribution in [0.25, 0.3) is 0 Å². The molecule has 1 aliphatic heterocycles. The van der Waals surface area contributed by atoms with Gasteiger partial charge in [-0.2, -0.15) is 0 Å². The van der Waals surface area contributed by atoms with Crippen molar-refractivity contribution in [3.8, 4) is 0 Å². The number of carbonyl (C=O) groups excluding carboxylic acids is 1. The summed E-state index contributed by atoms with van der Waals surface area (Å²) in [5.41, 5.74) is 0.394. The second-order valence-corrected chi connectivity index (χ2v) is 10.8. The van der Waals surface area contributed by atoms with Gasteiger partial charge in [0.25, 0.3) is 5.09 Å². The highest BCUT2D eigenvalue weighted by atomic mass is 16.9. The minimum absolute atomic E-state index is 0.208. The molecule has 1 saturated heterocycles. The van der Waals surface area contributed by atoms with Crippen LogP contribution in [0.4, 0.5) is 5.82 Å². The highest BCUT2D eigenvalue weighted by Gasteiger charge is 2.21. The first kappa shape index (κ1) is 32.9. The standard InChI is InChI=1S/C29H51N5O5/c1-3-26(2)31-20-22-32(23-21-31)28-18-17-27(25-30-28)29(35)33(36)19-15-13-11-9-7-5-4-6-8-10-12-14-16-24-39-34(37)38/h17-18,25-26,33H,3-16,19-24H2,1-2H3. The van der Waals surface area contributed by atoms with Crippen molar-refractivity contribution in [2.24, 2.45) is 0 Å². The fourth-order valence-electron chi connectivity index (χ4n) is 5.10. The Morgan fingerprint density at radius 2 is 1.49 bits per heavy atom. The van der Waals surface area contributed by atoms with Gasteiger partial charge in [-0.1, -0.05) is 71.1 Å². The van der Waals surface area contributed by atoms with E-state index in [1.165, 1.54) is 44.9 Å². The Morgan fingerprint density at radius 3 is 1.97 bits per heavy atom. The maximum absolute atomic E-state index is 12.5. The van der Waals surface area contributed by atoms with Gasteiger partial charge < -0.3 is 20.0 Å². The van der Waals surface area contributed by atoms with E-state index < -0.39 is 11.0 Å². The van der Waals surface area contributed by atoms with E-state index in [2.05, 4.69) is 33.5 Å². The molecule has 39 heavy (non-hydrogen) atoms. The second kappa shape index (κ2) is 19.7. The quantitative estimate of drug-likeness (QED) is 0.132. The van der Waals surface area contributed by atoms with Gasteiger partial charge in [-0.05, 0) is 44.7 Å². The van der Waals surface area contributed by atoms with E-state index in [1.807, 2.05) is 6.07 Å². The number of quaternary nitrogens is 1. The summed E-state index contributed by atoms with van der Waals surface area (Å²) in [6.45, 7) is 8.90. The summed E-state index contributed by atoms with van der Waals surface area (Å²) in [7, 11) is 0. The van der Waals surface area contributed by atoms with Gasteiger partial charge >= 0.3 is 5.91 Å². The third-order valence-electron chi connectivity index (χ3n) is 7.86. The van der Waals surface area contributed by atoms with Crippen molar-refractivity contribution in [1.82, 2.24) is 9.88 Å². The van der Waals surface area contributed by atoms with Crippen LogP contribution in [-0.4, -0.2) is 66.3 Å². The third-order valence-corrected chi connectivity index (χ3v) is 7.86. The lowest BCUT2D eigenvalue weighted by Crippen LogP contribution is -3.10. The van der Waals surface area contributed by atoms with Crippen LogP contribution in [0.1, 0.15) is 114 Å². The number of anilines is 1. The number of aromatic nitrogens is 1. The van der Waals surface area contributed by atoms with Gasteiger partial charge in [0.1, 0.15) is 5.82 Å². The van der Waals surface area contributed by atoms with E-state index in [-0.39, 0.29) is 11.7 Å². The minimum Gasteiger partial charge on any atom is -0.626 e. The van der Waals surface area contributed by atoms with Gasteiger partial charge in [-0.25, -0.2) is 9.78 Å². The number of hydroxylamine groups is 2. The summed E-state index contributed by atoms with van der Waals surface area (Å²) in [4.78, 5) is 36.2. The normalized spacial score (nSPS) is 15.7. The fraction of sp³-hybridized carbons (Fsp3) is 0.793. The molecular weight excluding hydrogens is 498 g/mol. The smallest absolute Gasteiger partial charge is 0.345 e. The van der Waals surface area contributed by atoms with Crippen LogP contribution in [0.5, 0.6) is 0 Å². The minimum atomic E-state index is -0.727. The van der Waals surface area contributed by atoms with Crippen LogP contribution in [0.15, 0.2) is 18.3 Å². The first-order valence-electron chi connectivity index (χ1n) is 15.2. The molecule has 2 rings (SSSR count). The zero-order valence-electron chi connectivity index (χ0n) is 24.3. The highest BCUT2D eigenvalue weighted by Crippen LogP contribution is 2.16. The molecule has 1 N–H and O–H groups in total. The predicted octanol–water partition coefficient (Wildman–Crippen LogP) is 4.80. The molecule has 0 aromatic carbocycles. The number of carbonyl (C=O) groups is 1. The zero-order chi connectivity index (χ0) is 28.3. The fourth-order valence-corrected chi connectivity index (χ4v) is 5.10. The molecule has 2 unspecified atom stereocenters. The topological polar surface area (TPSA) is 116 Å². The number of pyridine rings is 1. The molecule has 1 aromatic heterocycles. The molecule has 0 radical (unpaired) electrons. The average molecular weight is 550 g/mol. The average Bonchev–Trinajstić information content (AvgIpc) is 2.96. The number of unbranched alkanes of at least 4 members (excludes halogenated alkanes) is 12. The molecule has 0 saturated carbocycles. The lowest BCUT2D eigenvalue weighted by atomic mass is 10.0. The summed E-state index contributed by atoms with van der Waals surface area (Å²) in [6.07, 6.45) is 17.0. The predicted molar refractivity (Wildman–Crippen MR) is 154 cm³/mol. The third kappa shape index (κ3) is 13.6. The molecule has 1 fully saturated rings. The Bertz CT molecular complexity index is 802. The van der Waals surface area contributed by atoms with Crippen molar-refractivity contribution in [3.05, 3.63) is 39.2 Å². The molecule has 1 amide bonds. The summed E-state index contributed by atoms with van der Waals surface area (Å²) in [6, 6.07) is 4.22. The van der Waals surface area contributed by atoms with Crippen molar-refractivity contribution in [1.29, 1.82) is 0 Å². The molecule has 222 valence electrons. The van der Waals surface area contributed by atoms with Gasteiger partial charge in [0.2, 0.25) is 0 Å². The lowest BCUT2D eigenvalue weighted by Gasteiger charge is -2.38. The lowest BCUT2D eigenvalue weighted by molar-refractivity contribution is -0.757. The Balaban J connectivity index is 1.46. The number of amides is 1. The van der Waals surface area contributed by atoms with E-state index in [1.54, 1.807) is 12.3 Å².